The molecule has 5 nitrogen and oxygen atoms in total. The number of benzene rings is 1. The van der Waals surface area contributed by atoms with Crippen LogP contribution >= 0.6 is 0 Å². The first-order valence-electron chi connectivity index (χ1n) is 8.13. The molecular formula is C18H28N2O3. The number of likely N-dealkylation sites (tertiary alicyclic amines) is 1. The van der Waals surface area contributed by atoms with Crippen molar-refractivity contribution in [2.45, 2.75) is 32.8 Å². The fourth-order valence-corrected chi connectivity index (χ4v) is 2.53. The van der Waals surface area contributed by atoms with E-state index in [0.717, 1.165) is 24.4 Å². The largest absolute Gasteiger partial charge is 0.493 e. The van der Waals surface area contributed by atoms with Crippen LogP contribution in [0, 0.1) is 5.92 Å². The summed E-state index contributed by atoms with van der Waals surface area (Å²) in [5.41, 5.74) is 0.669. The fraction of sp³-hybridized carbons (Fsp3) is 0.611. The average Bonchev–Trinajstić information content (AvgIpc) is 2.92. The zero-order valence-electron chi connectivity index (χ0n) is 14.8. The highest BCUT2D eigenvalue weighted by molar-refractivity contribution is 5.68. The number of nitrogens with zero attached hydrogens (tertiary/aromatic N) is 2. The van der Waals surface area contributed by atoms with Gasteiger partial charge in [0.2, 0.25) is 0 Å². The van der Waals surface area contributed by atoms with E-state index in [1.54, 1.807) is 4.90 Å². The third kappa shape index (κ3) is 5.34. The summed E-state index contributed by atoms with van der Waals surface area (Å²) in [5, 5.41) is 0. The molecule has 1 amide bonds. The summed E-state index contributed by atoms with van der Waals surface area (Å²) in [6.45, 7) is 7.72. The predicted molar refractivity (Wildman–Crippen MR) is 92.2 cm³/mol. The van der Waals surface area contributed by atoms with Crippen LogP contribution in [0.25, 0.3) is 0 Å². The lowest BCUT2D eigenvalue weighted by Gasteiger charge is -2.24. The van der Waals surface area contributed by atoms with Gasteiger partial charge in [0, 0.05) is 44.9 Å². The Bertz CT molecular complexity index is 537. The van der Waals surface area contributed by atoms with Crippen LogP contribution in [0.2, 0.25) is 0 Å². The Balaban J connectivity index is 1.82. The molecular weight excluding hydrogens is 292 g/mol. The van der Waals surface area contributed by atoms with Gasteiger partial charge in [0.25, 0.3) is 0 Å². The molecule has 1 aliphatic heterocycles. The van der Waals surface area contributed by atoms with Crippen LogP contribution < -0.4 is 9.64 Å². The van der Waals surface area contributed by atoms with E-state index in [4.69, 9.17) is 9.47 Å². The zero-order valence-corrected chi connectivity index (χ0v) is 14.8. The van der Waals surface area contributed by atoms with Crippen molar-refractivity contribution >= 4 is 11.8 Å². The summed E-state index contributed by atoms with van der Waals surface area (Å²) >= 11 is 0. The normalized spacial score (nSPS) is 18.0. The summed E-state index contributed by atoms with van der Waals surface area (Å²) in [4.78, 5) is 15.9. The van der Waals surface area contributed by atoms with Crippen molar-refractivity contribution in [3.05, 3.63) is 24.3 Å². The van der Waals surface area contributed by atoms with Gasteiger partial charge in [0.15, 0.2) is 0 Å². The van der Waals surface area contributed by atoms with E-state index >= 15 is 0 Å². The summed E-state index contributed by atoms with van der Waals surface area (Å²) in [7, 11) is 4.02. The number of anilines is 1. The summed E-state index contributed by atoms with van der Waals surface area (Å²) in [5.74, 6) is 1.22. The second-order valence-corrected chi connectivity index (χ2v) is 7.28. The molecule has 0 spiro atoms. The second kappa shape index (κ2) is 7.11. The highest BCUT2D eigenvalue weighted by Gasteiger charge is 2.30. The minimum absolute atomic E-state index is 0.227. The predicted octanol–water partition coefficient (Wildman–Crippen LogP) is 3.39. The Morgan fingerprint density at radius 2 is 2.09 bits per heavy atom. The average molecular weight is 320 g/mol. The molecule has 1 unspecified atom stereocenters. The SMILES string of the molecule is CN(C)c1cccc(OCC2CCN(C(=O)OC(C)(C)C)C2)c1. The highest BCUT2D eigenvalue weighted by atomic mass is 16.6. The molecule has 128 valence electrons. The van der Waals surface area contributed by atoms with Crippen LogP contribution in [0.1, 0.15) is 27.2 Å². The van der Waals surface area contributed by atoms with Crippen molar-refractivity contribution in [2.75, 3.05) is 38.7 Å². The zero-order chi connectivity index (χ0) is 17.0. The van der Waals surface area contributed by atoms with Crippen LogP contribution in [-0.4, -0.2) is 50.4 Å². The fourth-order valence-electron chi connectivity index (χ4n) is 2.53. The number of carbonyl (C=O) groups is 1. The Morgan fingerprint density at radius 1 is 1.35 bits per heavy atom. The van der Waals surface area contributed by atoms with E-state index in [0.29, 0.717) is 19.1 Å². The molecule has 0 saturated carbocycles. The Labute approximate surface area is 139 Å². The molecule has 0 aliphatic carbocycles. The molecule has 1 atom stereocenters. The van der Waals surface area contributed by atoms with E-state index in [-0.39, 0.29) is 6.09 Å². The molecule has 1 heterocycles. The minimum atomic E-state index is -0.446. The second-order valence-electron chi connectivity index (χ2n) is 7.28. The Hall–Kier alpha value is -1.91. The van der Waals surface area contributed by atoms with Gasteiger partial charge in [-0.25, -0.2) is 4.79 Å². The van der Waals surface area contributed by atoms with Crippen molar-refractivity contribution in [3.63, 3.8) is 0 Å². The van der Waals surface area contributed by atoms with Gasteiger partial charge < -0.3 is 19.3 Å². The number of amides is 1. The van der Waals surface area contributed by atoms with E-state index < -0.39 is 5.60 Å². The summed E-state index contributed by atoms with van der Waals surface area (Å²) in [6, 6.07) is 8.03. The quantitative estimate of drug-likeness (QED) is 0.853. The number of carbonyl (C=O) groups excluding carboxylic acids is 1. The van der Waals surface area contributed by atoms with Gasteiger partial charge in [-0.3, -0.25) is 0 Å². The number of hydrogen-bond donors (Lipinski definition) is 0. The number of hydrogen-bond acceptors (Lipinski definition) is 4. The topological polar surface area (TPSA) is 42.0 Å². The molecule has 0 aromatic heterocycles. The molecule has 1 fully saturated rings. The van der Waals surface area contributed by atoms with Gasteiger partial charge in [0.1, 0.15) is 11.4 Å². The first-order valence-corrected chi connectivity index (χ1v) is 8.13. The molecule has 0 N–H and O–H groups in total. The van der Waals surface area contributed by atoms with E-state index in [1.807, 2.05) is 64.0 Å². The third-order valence-electron chi connectivity index (χ3n) is 3.76. The maximum absolute atomic E-state index is 12.1. The van der Waals surface area contributed by atoms with Crippen LogP contribution in [0.3, 0.4) is 0 Å². The van der Waals surface area contributed by atoms with Crippen LogP contribution in [0.15, 0.2) is 24.3 Å². The van der Waals surface area contributed by atoms with E-state index in [9.17, 15) is 4.79 Å². The summed E-state index contributed by atoms with van der Waals surface area (Å²) in [6.07, 6.45) is 0.724. The van der Waals surface area contributed by atoms with Crippen molar-refractivity contribution in [1.29, 1.82) is 0 Å². The molecule has 1 saturated heterocycles. The minimum Gasteiger partial charge on any atom is -0.493 e. The number of ether oxygens (including phenoxy) is 2. The standard InChI is InChI=1S/C18H28N2O3/c1-18(2,3)23-17(21)20-10-9-14(12-20)13-22-16-8-6-7-15(11-16)19(4)5/h6-8,11,14H,9-10,12-13H2,1-5H3. The third-order valence-corrected chi connectivity index (χ3v) is 3.76. The maximum Gasteiger partial charge on any atom is 0.410 e. The Kier molecular flexibility index (Phi) is 5.39. The lowest BCUT2D eigenvalue weighted by Crippen LogP contribution is -2.35. The Morgan fingerprint density at radius 3 is 2.74 bits per heavy atom. The molecule has 0 radical (unpaired) electrons. The van der Waals surface area contributed by atoms with Crippen molar-refractivity contribution in [2.24, 2.45) is 5.92 Å². The lowest BCUT2D eigenvalue weighted by atomic mass is 10.1. The monoisotopic (exact) mass is 320 g/mol. The van der Waals surface area contributed by atoms with Crippen LogP contribution in [0.5, 0.6) is 5.75 Å². The van der Waals surface area contributed by atoms with Gasteiger partial charge in [-0.05, 0) is 39.3 Å². The lowest BCUT2D eigenvalue weighted by molar-refractivity contribution is 0.0285. The van der Waals surface area contributed by atoms with Gasteiger partial charge in [-0.2, -0.15) is 0 Å². The number of rotatable bonds is 4. The van der Waals surface area contributed by atoms with Gasteiger partial charge >= 0.3 is 6.09 Å². The maximum atomic E-state index is 12.1. The van der Waals surface area contributed by atoms with E-state index in [2.05, 4.69) is 0 Å². The molecule has 23 heavy (non-hydrogen) atoms. The first kappa shape index (κ1) is 17.4. The van der Waals surface area contributed by atoms with E-state index in [1.165, 1.54) is 0 Å². The molecule has 0 bridgehead atoms. The van der Waals surface area contributed by atoms with Gasteiger partial charge in [-0.1, -0.05) is 6.07 Å². The van der Waals surface area contributed by atoms with Crippen LogP contribution in [-0.2, 0) is 4.74 Å². The van der Waals surface area contributed by atoms with Crippen molar-refractivity contribution < 1.29 is 14.3 Å². The first-order chi connectivity index (χ1) is 10.7. The molecule has 2 rings (SSSR count). The van der Waals surface area contributed by atoms with Crippen molar-refractivity contribution in [3.8, 4) is 5.75 Å². The van der Waals surface area contributed by atoms with Gasteiger partial charge in [0.05, 0.1) is 6.61 Å². The molecule has 5 heteroatoms. The molecule has 1 aromatic carbocycles. The molecule has 1 aromatic rings. The smallest absolute Gasteiger partial charge is 0.410 e. The van der Waals surface area contributed by atoms with Crippen molar-refractivity contribution in [1.82, 2.24) is 4.90 Å². The van der Waals surface area contributed by atoms with Crippen LogP contribution in [0.4, 0.5) is 10.5 Å². The highest BCUT2D eigenvalue weighted by Crippen LogP contribution is 2.23. The molecule has 1 aliphatic rings. The van der Waals surface area contributed by atoms with Gasteiger partial charge in [-0.15, -0.1) is 0 Å². The summed E-state index contributed by atoms with van der Waals surface area (Å²) < 4.78 is 11.3.